The molecule has 0 bridgehead atoms. The van der Waals surface area contributed by atoms with Crippen molar-refractivity contribution in [1.29, 1.82) is 0 Å². The van der Waals surface area contributed by atoms with Crippen LogP contribution in [-0.4, -0.2) is 51.6 Å². The van der Waals surface area contributed by atoms with Crippen LogP contribution in [0.5, 0.6) is 5.75 Å². The number of alkyl carbamates (subject to hydrolysis) is 1. The topological polar surface area (TPSA) is 108 Å². The number of nitrogens with zero attached hydrogens (tertiary/aromatic N) is 1. The predicted octanol–water partition coefficient (Wildman–Crippen LogP) is 3.25. The average molecular weight is 434 g/mol. The van der Waals surface area contributed by atoms with Crippen LogP contribution in [0.25, 0.3) is 0 Å². The van der Waals surface area contributed by atoms with Crippen LogP contribution in [0.1, 0.15) is 72.4 Å². The minimum Gasteiger partial charge on any atom is -0.508 e. The third kappa shape index (κ3) is 6.60. The Morgan fingerprint density at radius 2 is 1.71 bits per heavy atom. The van der Waals surface area contributed by atoms with Gasteiger partial charge in [0.05, 0.1) is 0 Å². The number of hydrogen-bond acceptors (Lipinski definition) is 5. The summed E-state index contributed by atoms with van der Waals surface area (Å²) in [6.07, 6.45) is 1.75. The molecule has 1 fully saturated rings. The molecule has 8 nitrogen and oxygen atoms in total. The zero-order chi connectivity index (χ0) is 23.3. The monoisotopic (exact) mass is 433 g/mol. The molecule has 31 heavy (non-hydrogen) atoms. The smallest absolute Gasteiger partial charge is 0.408 e. The summed E-state index contributed by atoms with van der Waals surface area (Å²) in [6.45, 7) is 10.5. The molecular formula is C23H35N3O5. The van der Waals surface area contributed by atoms with Crippen molar-refractivity contribution in [2.75, 3.05) is 0 Å². The Hall–Kier alpha value is -2.77. The van der Waals surface area contributed by atoms with Crippen LogP contribution < -0.4 is 10.6 Å². The molecule has 0 saturated heterocycles. The first kappa shape index (κ1) is 24.5. The molecule has 1 aromatic carbocycles. The Bertz CT molecular complexity index is 799. The van der Waals surface area contributed by atoms with Crippen molar-refractivity contribution >= 4 is 17.9 Å². The highest BCUT2D eigenvalue weighted by Gasteiger charge is 2.41. The largest absolute Gasteiger partial charge is 0.508 e. The Labute approximate surface area is 184 Å². The van der Waals surface area contributed by atoms with Gasteiger partial charge in [-0.1, -0.05) is 18.2 Å². The summed E-state index contributed by atoms with van der Waals surface area (Å²) in [7, 11) is 0. The molecule has 0 radical (unpaired) electrons. The SMILES string of the molecule is CC(C)NC(=O)C(c1ccccc1O)N(C(=O)C(C)NC(=O)OC(C)(C)C)C1CCC1. The number of benzene rings is 1. The quantitative estimate of drug-likeness (QED) is 0.612. The van der Waals surface area contributed by atoms with Gasteiger partial charge in [-0.25, -0.2) is 4.79 Å². The lowest BCUT2D eigenvalue weighted by Gasteiger charge is -2.43. The predicted molar refractivity (Wildman–Crippen MR) is 117 cm³/mol. The summed E-state index contributed by atoms with van der Waals surface area (Å²) in [4.78, 5) is 40.4. The van der Waals surface area contributed by atoms with E-state index in [1.165, 1.54) is 11.0 Å². The normalized spacial score (nSPS) is 16.1. The van der Waals surface area contributed by atoms with E-state index in [0.29, 0.717) is 5.56 Å². The van der Waals surface area contributed by atoms with Crippen molar-refractivity contribution in [1.82, 2.24) is 15.5 Å². The molecule has 3 N–H and O–H groups in total. The molecule has 2 atom stereocenters. The Morgan fingerprint density at radius 1 is 1.10 bits per heavy atom. The van der Waals surface area contributed by atoms with Gasteiger partial charge in [0.25, 0.3) is 0 Å². The number of carbonyl (C=O) groups is 3. The molecule has 2 unspecified atom stereocenters. The highest BCUT2D eigenvalue weighted by molar-refractivity contribution is 5.92. The molecule has 1 aromatic rings. The number of nitrogens with one attached hydrogen (secondary N) is 2. The summed E-state index contributed by atoms with van der Waals surface area (Å²) < 4.78 is 5.26. The molecule has 1 saturated carbocycles. The lowest BCUT2D eigenvalue weighted by Crippen LogP contribution is -2.57. The van der Waals surface area contributed by atoms with E-state index < -0.39 is 29.7 Å². The van der Waals surface area contributed by atoms with Gasteiger partial charge in [0, 0.05) is 17.6 Å². The van der Waals surface area contributed by atoms with Gasteiger partial charge in [0.1, 0.15) is 23.4 Å². The van der Waals surface area contributed by atoms with Crippen LogP contribution in [0.3, 0.4) is 0 Å². The van der Waals surface area contributed by atoms with Crippen molar-refractivity contribution in [2.24, 2.45) is 0 Å². The van der Waals surface area contributed by atoms with Crippen LogP contribution in [0.2, 0.25) is 0 Å². The fourth-order valence-electron chi connectivity index (χ4n) is 3.45. The van der Waals surface area contributed by atoms with Gasteiger partial charge in [-0.05, 0) is 66.9 Å². The molecule has 8 heteroatoms. The number of rotatable bonds is 7. The van der Waals surface area contributed by atoms with Crippen molar-refractivity contribution in [3.8, 4) is 5.75 Å². The average Bonchev–Trinajstić information content (AvgIpc) is 2.58. The molecule has 2 rings (SSSR count). The molecule has 0 spiro atoms. The maximum atomic E-state index is 13.5. The van der Waals surface area contributed by atoms with Gasteiger partial charge < -0.3 is 25.4 Å². The van der Waals surface area contributed by atoms with E-state index >= 15 is 0 Å². The van der Waals surface area contributed by atoms with Gasteiger partial charge in [0.15, 0.2) is 0 Å². The lowest BCUT2D eigenvalue weighted by molar-refractivity contribution is -0.147. The van der Waals surface area contributed by atoms with Crippen LogP contribution in [-0.2, 0) is 14.3 Å². The van der Waals surface area contributed by atoms with E-state index in [9.17, 15) is 19.5 Å². The van der Waals surface area contributed by atoms with Gasteiger partial charge in [0.2, 0.25) is 11.8 Å². The van der Waals surface area contributed by atoms with Crippen molar-refractivity contribution in [3.05, 3.63) is 29.8 Å². The van der Waals surface area contributed by atoms with E-state index in [2.05, 4.69) is 10.6 Å². The highest BCUT2D eigenvalue weighted by atomic mass is 16.6. The van der Waals surface area contributed by atoms with Gasteiger partial charge in [-0.15, -0.1) is 0 Å². The number of para-hydroxylation sites is 1. The molecular weight excluding hydrogens is 398 g/mol. The first-order valence-corrected chi connectivity index (χ1v) is 10.8. The lowest BCUT2D eigenvalue weighted by atomic mass is 9.88. The van der Waals surface area contributed by atoms with E-state index in [1.54, 1.807) is 45.9 Å². The van der Waals surface area contributed by atoms with Gasteiger partial charge >= 0.3 is 6.09 Å². The fraction of sp³-hybridized carbons (Fsp3) is 0.609. The maximum absolute atomic E-state index is 13.5. The third-order valence-electron chi connectivity index (χ3n) is 5.02. The number of aromatic hydroxyl groups is 1. The summed E-state index contributed by atoms with van der Waals surface area (Å²) >= 11 is 0. The van der Waals surface area contributed by atoms with Crippen LogP contribution in [0.4, 0.5) is 4.79 Å². The van der Waals surface area contributed by atoms with Crippen LogP contribution in [0.15, 0.2) is 24.3 Å². The molecule has 0 aliphatic heterocycles. The second-order valence-corrected chi connectivity index (χ2v) is 9.32. The Morgan fingerprint density at radius 3 is 2.19 bits per heavy atom. The van der Waals surface area contributed by atoms with Gasteiger partial charge in [-0.3, -0.25) is 9.59 Å². The van der Waals surface area contributed by atoms with Crippen LogP contribution >= 0.6 is 0 Å². The van der Waals surface area contributed by atoms with E-state index in [4.69, 9.17) is 4.74 Å². The number of phenols is 1. The van der Waals surface area contributed by atoms with Crippen LogP contribution in [0, 0.1) is 0 Å². The standard InChI is InChI=1S/C23H35N3O5/c1-14(2)24-20(28)19(17-12-7-8-13-18(17)27)26(16-10-9-11-16)21(29)15(3)25-22(30)31-23(4,5)6/h7-8,12-16,19,27H,9-11H2,1-6H3,(H,24,28)(H,25,30). The summed E-state index contributed by atoms with van der Waals surface area (Å²) in [5.74, 6) is -0.833. The highest BCUT2D eigenvalue weighted by Crippen LogP contribution is 2.36. The number of phenolic OH excluding ortho intramolecular Hbond substituents is 1. The number of hydrogen-bond donors (Lipinski definition) is 3. The maximum Gasteiger partial charge on any atom is 0.408 e. The molecule has 1 aliphatic rings. The van der Waals surface area contributed by atoms with E-state index in [0.717, 1.165) is 19.3 Å². The Kier molecular flexibility index (Phi) is 7.92. The first-order chi connectivity index (χ1) is 14.4. The minimum absolute atomic E-state index is 0.0590. The zero-order valence-electron chi connectivity index (χ0n) is 19.3. The first-order valence-electron chi connectivity index (χ1n) is 10.8. The molecule has 172 valence electrons. The summed E-state index contributed by atoms with van der Waals surface area (Å²) in [6, 6.07) is 4.31. The van der Waals surface area contributed by atoms with Crippen molar-refractivity contribution in [3.63, 3.8) is 0 Å². The summed E-state index contributed by atoms with van der Waals surface area (Å²) in [5.41, 5.74) is -0.346. The molecule has 3 amide bonds. The number of carbonyl (C=O) groups excluding carboxylic acids is 3. The number of amides is 3. The second-order valence-electron chi connectivity index (χ2n) is 9.32. The second kappa shape index (κ2) is 10.0. The Balaban J connectivity index is 2.37. The van der Waals surface area contributed by atoms with Crippen molar-refractivity contribution < 1.29 is 24.2 Å². The van der Waals surface area contributed by atoms with Gasteiger partial charge in [-0.2, -0.15) is 0 Å². The van der Waals surface area contributed by atoms with E-state index in [1.807, 2.05) is 13.8 Å². The van der Waals surface area contributed by atoms with E-state index in [-0.39, 0.29) is 23.7 Å². The fourth-order valence-corrected chi connectivity index (χ4v) is 3.45. The van der Waals surface area contributed by atoms with Crippen molar-refractivity contribution in [2.45, 2.75) is 90.6 Å². The third-order valence-corrected chi connectivity index (χ3v) is 5.02. The molecule has 1 aliphatic carbocycles. The molecule has 0 heterocycles. The summed E-state index contributed by atoms with van der Waals surface area (Å²) in [5, 5.41) is 15.9. The minimum atomic E-state index is -1.01. The molecule has 0 aromatic heterocycles. The number of ether oxygens (including phenoxy) is 1. The zero-order valence-corrected chi connectivity index (χ0v) is 19.3.